The van der Waals surface area contributed by atoms with E-state index >= 15 is 0 Å². The molecule has 4 aromatic carbocycles. The average molecular weight is 424 g/mol. The second kappa shape index (κ2) is 8.99. The Bertz CT molecular complexity index is 1140. The summed E-state index contributed by atoms with van der Waals surface area (Å²) in [7, 11) is 0. The number of ketones is 1. The monoisotopic (exact) mass is 424 g/mol. The Morgan fingerprint density at radius 2 is 0.903 bits per heavy atom. The van der Waals surface area contributed by atoms with Crippen LogP contribution in [0.2, 0.25) is 0 Å². The van der Waals surface area contributed by atoms with Gasteiger partial charge >= 0.3 is 5.97 Å². The first kappa shape index (κ1) is 20.6. The first-order chi connectivity index (χ1) is 15.1. The van der Waals surface area contributed by atoms with E-state index in [1.165, 1.54) is 12.1 Å². The third-order valence-electron chi connectivity index (χ3n) is 5.22. The lowest BCUT2D eigenvalue weighted by Crippen LogP contribution is -2.28. The van der Waals surface area contributed by atoms with Gasteiger partial charge in [0.1, 0.15) is 0 Å². The van der Waals surface area contributed by atoms with Crippen molar-refractivity contribution in [3.63, 3.8) is 0 Å². The van der Waals surface area contributed by atoms with Crippen LogP contribution < -0.4 is 15.9 Å². The molecule has 0 aromatic heterocycles. The molecule has 3 nitrogen and oxygen atoms in total. The van der Waals surface area contributed by atoms with Gasteiger partial charge in [0.2, 0.25) is 0 Å². The van der Waals surface area contributed by atoms with E-state index < -0.39 is 12.9 Å². The Hall–Kier alpha value is -3.68. The number of hydrogen-bond acceptors (Lipinski definition) is 2. The van der Waals surface area contributed by atoms with E-state index in [0.29, 0.717) is 5.56 Å². The van der Waals surface area contributed by atoms with Crippen LogP contribution in [0.4, 0.5) is 0 Å². The second-order valence-corrected chi connectivity index (χ2v) is 10.4. The summed E-state index contributed by atoms with van der Waals surface area (Å²) in [6.07, 6.45) is 0. The number of rotatable bonds is 6. The van der Waals surface area contributed by atoms with Gasteiger partial charge in [0, 0.05) is 5.56 Å². The lowest BCUT2D eigenvalue weighted by atomic mass is 10.1. The maximum absolute atomic E-state index is 13.5. The Kier molecular flexibility index (Phi) is 5.97. The summed E-state index contributed by atoms with van der Waals surface area (Å²) in [5, 5.41) is 12.4. The largest absolute Gasteiger partial charge is 0.478 e. The van der Waals surface area contributed by atoms with Crippen LogP contribution in [-0.4, -0.2) is 22.7 Å². The smallest absolute Gasteiger partial charge is 0.335 e. The summed E-state index contributed by atoms with van der Waals surface area (Å²) in [6, 6.07) is 36.4. The highest BCUT2D eigenvalue weighted by Gasteiger charge is 2.26. The second-order valence-electron chi connectivity index (χ2n) is 7.11. The van der Waals surface area contributed by atoms with Crippen molar-refractivity contribution in [3.05, 3.63) is 126 Å². The average Bonchev–Trinajstić information content (AvgIpc) is 2.84. The van der Waals surface area contributed by atoms with Crippen molar-refractivity contribution < 1.29 is 14.7 Å². The highest BCUT2D eigenvalue weighted by atomic mass is 31.2. The van der Waals surface area contributed by atoms with Crippen LogP contribution in [0.3, 0.4) is 0 Å². The van der Waals surface area contributed by atoms with Gasteiger partial charge in [0.05, 0.1) is 5.56 Å². The van der Waals surface area contributed by atoms with Crippen molar-refractivity contribution >= 4 is 40.3 Å². The fraction of sp³-hybridized carbons (Fsp3) is 0. The topological polar surface area (TPSA) is 54.4 Å². The minimum atomic E-state index is -2.40. The molecular weight excluding hydrogens is 403 g/mol. The summed E-state index contributed by atoms with van der Waals surface area (Å²) in [6.45, 7) is -2.40. The molecule has 0 fully saturated rings. The molecule has 0 aliphatic rings. The fourth-order valence-corrected chi connectivity index (χ4v) is 7.46. The van der Waals surface area contributed by atoms with Crippen molar-refractivity contribution in [2.75, 3.05) is 0 Å². The number of aromatic carboxylic acids is 1. The van der Waals surface area contributed by atoms with E-state index in [9.17, 15) is 9.59 Å². The molecule has 0 bridgehead atoms. The molecule has 0 aliphatic carbocycles. The van der Waals surface area contributed by atoms with Crippen LogP contribution in [0.25, 0.3) is 0 Å². The molecule has 152 valence electrons. The van der Waals surface area contributed by atoms with Gasteiger partial charge in [-0.25, -0.2) is 4.79 Å². The van der Waals surface area contributed by atoms with E-state index in [1.807, 2.05) is 60.4 Å². The van der Waals surface area contributed by atoms with Gasteiger partial charge < -0.3 is 5.11 Å². The number of carbonyl (C=O) groups excluding carboxylic acids is 1. The van der Waals surface area contributed by atoms with Gasteiger partial charge in [-0.1, -0.05) is 103 Å². The summed E-state index contributed by atoms with van der Waals surface area (Å²) in [5.74, 6) is 0.715. The van der Waals surface area contributed by atoms with Crippen LogP contribution in [0.5, 0.6) is 0 Å². The first-order valence-electron chi connectivity index (χ1n) is 9.90. The summed E-state index contributed by atoms with van der Waals surface area (Å²) in [4.78, 5) is 24.7. The SMILES string of the molecule is O=C(O)c1ccc(C(=O)C=P(c2ccccc2)(c2ccccc2)c2ccccc2)cc1. The van der Waals surface area contributed by atoms with Gasteiger partial charge in [0.25, 0.3) is 0 Å². The van der Waals surface area contributed by atoms with Crippen molar-refractivity contribution in [1.82, 2.24) is 0 Å². The maximum atomic E-state index is 13.5. The van der Waals surface area contributed by atoms with Crippen molar-refractivity contribution in [2.45, 2.75) is 0 Å². The number of hydrogen-bond donors (Lipinski definition) is 1. The predicted octanol–water partition coefficient (Wildman–Crippen LogP) is 4.36. The Balaban J connectivity index is 2.00. The molecule has 0 unspecified atom stereocenters. The maximum Gasteiger partial charge on any atom is 0.335 e. The summed E-state index contributed by atoms with van der Waals surface area (Å²) >= 11 is 0. The molecule has 0 saturated carbocycles. The zero-order valence-electron chi connectivity index (χ0n) is 16.8. The Morgan fingerprint density at radius 3 is 1.26 bits per heavy atom. The van der Waals surface area contributed by atoms with Crippen LogP contribution in [-0.2, 0) is 0 Å². The molecule has 0 aliphatic heterocycles. The van der Waals surface area contributed by atoms with E-state index in [0.717, 1.165) is 15.9 Å². The van der Waals surface area contributed by atoms with Gasteiger partial charge in [-0.3, -0.25) is 4.79 Å². The molecular formula is C27H21O3P. The molecule has 31 heavy (non-hydrogen) atoms. The minimum absolute atomic E-state index is 0.123. The third kappa shape index (κ3) is 4.14. The van der Waals surface area contributed by atoms with Crippen LogP contribution in [0, 0.1) is 0 Å². The molecule has 0 spiro atoms. The van der Waals surface area contributed by atoms with Crippen molar-refractivity contribution in [2.24, 2.45) is 0 Å². The third-order valence-corrected chi connectivity index (χ3v) is 9.18. The van der Waals surface area contributed by atoms with Crippen LogP contribution in [0.15, 0.2) is 115 Å². The molecule has 1 N–H and O–H groups in total. The van der Waals surface area contributed by atoms with Gasteiger partial charge in [-0.05, 0) is 40.7 Å². The van der Waals surface area contributed by atoms with Crippen LogP contribution >= 0.6 is 6.89 Å². The number of carbonyl (C=O) groups is 2. The molecule has 0 radical (unpaired) electrons. The minimum Gasteiger partial charge on any atom is -0.478 e. The molecule has 0 saturated heterocycles. The molecule has 0 heterocycles. The number of benzene rings is 4. The van der Waals surface area contributed by atoms with Crippen molar-refractivity contribution in [3.8, 4) is 0 Å². The zero-order chi connectivity index (χ0) is 21.7. The van der Waals surface area contributed by atoms with Gasteiger partial charge in [-0.2, -0.15) is 0 Å². The van der Waals surface area contributed by atoms with Gasteiger partial charge in [-0.15, -0.1) is 0 Å². The molecule has 0 amide bonds. The van der Waals surface area contributed by atoms with E-state index in [4.69, 9.17) is 5.11 Å². The number of carboxylic acid groups (broad SMARTS) is 1. The van der Waals surface area contributed by atoms with Gasteiger partial charge in [0.15, 0.2) is 5.78 Å². The molecule has 4 aromatic rings. The highest BCUT2D eigenvalue weighted by molar-refractivity contribution is 7.95. The molecule has 4 rings (SSSR count). The number of Topliss-reactive ketones (excluding diaryl/α,β-unsaturated/α-hetero) is 1. The molecule has 4 heteroatoms. The van der Waals surface area contributed by atoms with E-state index in [-0.39, 0.29) is 11.3 Å². The molecule has 0 atom stereocenters. The lowest BCUT2D eigenvalue weighted by molar-refractivity contribution is 0.0696. The van der Waals surface area contributed by atoms with Crippen molar-refractivity contribution in [1.29, 1.82) is 0 Å². The normalized spacial score (nSPS) is 11.0. The van der Waals surface area contributed by atoms with E-state index in [2.05, 4.69) is 36.4 Å². The Labute approximate surface area is 181 Å². The number of carboxylic acids is 1. The lowest BCUT2D eigenvalue weighted by Gasteiger charge is -2.28. The summed E-state index contributed by atoms with van der Waals surface area (Å²) < 4.78 is 0. The first-order valence-corrected chi connectivity index (χ1v) is 11.8. The fourth-order valence-electron chi connectivity index (χ4n) is 3.69. The highest BCUT2D eigenvalue weighted by Crippen LogP contribution is 2.43. The Morgan fingerprint density at radius 1 is 0.548 bits per heavy atom. The standard InChI is InChI=1S/C27H21O3P/c28-26(21-16-18-22(19-17-21)27(29)30)20-31(23-10-4-1-5-11-23,24-12-6-2-7-13-24)25-14-8-3-9-15-25/h1-20H,(H,29,30). The van der Waals surface area contributed by atoms with E-state index in [1.54, 1.807) is 12.1 Å². The summed E-state index contributed by atoms with van der Waals surface area (Å²) in [5.41, 5.74) is 0.629. The predicted molar refractivity (Wildman–Crippen MR) is 129 cm³/mol. The quantitative estimate of drug-likeness (QED) is 0.370. The van der Waals surface area contributed by atoms with Crippen LogP contribution in [0.1, 0.15) is 20.7 Å². The zero-order valence-corrected chi connectivity index (χ0v) is 17.7.